The van der Waals surface area contributed by atoms with Crippen molar-refractivity contribution in [2.24, 2.45) is 40.7 Å². The van der Waals surface area contributed by atoms with Gasteiger partial charge in [-0.25, -0.2) is 4.79 Å². The van der Waals surface area contributed by atoms with Crippen LogP contribution in [0.25, 0.3) is 0 Å². The fraction of sp³-hybridized carbons (Fsp3) is 0.634. The van der Waals surface area contributed by atoms with E-state index in [0.717, 1.165) is 0 Å². The average Bonchev–Trinajstić information content (AvgIpc) is 3.65. The summed E-state index contributed by atoms with van der Waals surface area (Å²) in [4.78, 5) is 114. The van der Waals surface area contributed by atoms with Crippen molar-refractivity contribution < 1.29 is 53.4 Å². The summed E-state index contributed by atoms with van der Waals surface area (Å²) in [6, 6.07) is 0.575. The van der Waals surface area contributed by atoms with Gasteiger partial charge in [-0.2, -0.15) is 0 Å². The van der Waals surface area contributed by atoms with E-state index in [1.807, 2.05) is 27.7 Å². The van der Waals surface area contributed by atoms with E-state index < -0.39 is 96.1 Å². The summed E-state index contributed by atoms with van der Waals surface area (Å²) in [5.74, 6) is -7.42. The maximum absolute atomic E-state index is 13.8. The highest BCUT2D eigenvalue weighted by atomic mass is 16.4. The van der Waals surface area contributed by atoms with E-state index in [4.69, 9.17) is 28.0 Å². The van der Waals surface area contributed by atoms with Gasteiger partial charge in [-0.3, -0.25) is 38.4 Å². The zero-order valence-electron chi connectivity index (χ0n) is 36.1. The van der Waals surface area contributed by atoms with Crippen LogP contribution < -0.4 is 44.2 Å². The number of hydrogen-bond acceptors (Lipinski definition) is 11. The van der Waals surface area contributed by atoms with E-state index in [0.29, 0.717) is 43.7 Å². The van der Waals surface area contributed by atoms with Gasteiger partial charge in [-0.15, -0.1) is 0 Å². The maximum atomic E-state index is 13.8. The summed E-state index contributed by atoms with van der Waals surface area (Å²) in [5.41, 5.74) is 22.7. The Morgan fingerprint density at radius 2 is 1.16 bits per heavy atom. The molecule has 2 rings (SSSR count). The molecule has 0 aliphatic carbocycles. The van der Waals surface area contributed by atoms with Crippen molar-refractivity contribution in [3.05, 3.63) is 35.9 Å². The van der Waals surface area contributed by atoms with Crippen LogP contribution in [-0.4, -0.2) is 117 Å². The van der Waals surface area contributed by atoms with Crippen LogP contribution >= 0.6 is 0 Å². The van der Waals surface area contributed by atoms with Gasteiger partial charge in [0.2, 0.25) is 41.4 Å². The lowest BCUT2D eigenvalue weighted by Crippen LogP contribution is -2.60. The van der Waals surface area contributed by atoms with Gasteiger partial charge >= 0.3 is 11.9 Å². The first-order valence-electron chi connectivity index (χ1n) is 20.5. The summed E-state index contributed by atoms with van der Waals surface area (Å²) in [6.07, 6.45) is 0.513. The molecule has 0 unspecified atom stereocenters. The molecule has 0 radical (unpaired) electrons. The second kappa shape index (κ2) is 26.6. The fourth-order valence-corrected chi connectivity index (χ4v) is 6.54. The predicted molar refractivity (Wildman–Crippen MR) is 224 cm³/mol. The molecular weight excluding hydrogens is 795 g/mol. The molecule has 1 fully saturated rings. The van der Waals surface area contributed by atoms with E-state index in [1.165, 1.54) is 4.90 Å². The number of carboxylic acid groups (broad SMARTS) is 2. The van der Waals surface area contributed by atoms with Crippen LogP contribution in [0.15, 0.2) is 30.3 Å². The summed E-state index contributed by atoms with van der Waals surface area (Å²) in [6.45, 7) is 11.6. The van der Waals surface area contributed by atoms with Crippen LogP contribution in [-0.2, 0) is 49.6 Å². The monoisotopic (exact) mass is 861 g/mol. The Morgan fingerprint density at radius 1 is 0.656 bits per heavy atom. The average molecular weight is 862 g/mol. The third-order valence-corrected chi connectivity index (χ3v) is 9.51. The number of likely N-dealkylation sites (tertiary alicyclic amines) is 1. The maximum Gasteiger partial charge on any atom is 0.326 e. The van der Waals surface area contributed by atoms with Crippen LogP contribution in [0.2, 0.25) is 0 Å². The van der Waals surface area contributed by atoms with Crippen molar-refractivity contribution in [2.75, 3.05) is 6.54 Å². The highest BCUT2D eigenvalue weighted by Gasteiger charge is 2.39. The van der Waals surface area contributed by atoms with Crippen molar-refractivity contribution in [1.82, 2.24) is 26.2 Å². The van der Waals surface area contributed by atoms with Crippen LogP contribution in [0.5, 0.6) is 0 Å². The zero-order valence-corrected chi connectivity index (χ0v) is 36.1. The number of carbonyl (C=O) groups excluding carboxylic acids is 7. The van der Waals surface area contributed by atoms with E-state index in [2.05, 4.69) is 21.3 Å². The Labute approximate surface area is 357 Å². The van der Waals surface area contributed by atoms with Crippen molar-refractivity contribution in [3.63, 3.8) is 0 Å². The lowest BCUT2D eigenvalue weighted by Gasteiger charge is -2.29. The SMILES string of the molecule is CC(C)C[C@H](N)C(=O)O.CC(C)C[C@H](NC(=O)[C@H](CCC(N)=O)NC(=O)[C@H](CC(N)=O)NC(=O)[C@H](Cc1ccccc1)NC(=O)[C@@H]1CCCN1C(=O)[C@@H](N)CC(C)C)C(=O)O. The van der Waals surface area contributed by atoms with Gasteiger partial charge < -0.3 is 59.3 Å². The molecule has 14 N–H and O–H groups in total. The van der Waals surface area contributed by atoms with Crippen molar-refractivity contribution >= 4 is 53.3 Å². The molecule has 0 spiro atoms. The van der Waals surface area contributed by atoms with Crippen LogP contribution in [0.1, 0.15) is 98.5 Å². The molecule has 0 aromatic heterocycles. The Morgan fingerprint density at radius 3 is 1.66 bits per heavy atom. The molecule has 20 heteroatoms. The highest BCUT2D eigenvalue weighted by molar-refractivity contribution is 5.98. The lowest BCUT2D eigenvalue weighted by molar-refractivity contribution is -0.143. The van der Waals surface area contributed by atoms with E-state index in [-0.39, 0.29) is 43.4 Å². The molecule has 0 bridgehead atoms. The molecule has 7 amide bonds. The summed E-state index contributed by atoms with van der Waals surface area (Å²) in [5, 5.41) is 27.8. The number of nitrogens with zero attached hydrogens (tertiary/aromatic N) is 1. The van der Waals surface area contributed by atoms with Gasteiger partial charge in [0.25, 0.3) is 0 Å². The third-order valence-electron chi connectivity index (χ3n) is 9.51. The number of rotatable bonds is 24. The lowest BCUT2D eigenvalue weighted by atomic mass is 10.0. The van der Waals surface area contributed by atoms with Gasteiger partial charge in [0, 0.05) is 19.4 Å². The van der Waals surface area contributed by atoms with Gasteiger partial charge in [0.1, 0.15) is 36.3 Å². The molecular formula is C41H67N9O11. The van der Waals surface area contributed by atoms with Crippen LogP contribution in [0, 0.1) is 17.8 Å². The number of nitrogens with one attached hydrogen (secondary N) is 4. The minimum Gasteiger partial charge on any atom is -0.480 e. The molecule has 1 heterocycles. The number of hydrogen-bond donors (Lipinski definition) is 10. The van der Waals surface area contributed by atoms with Gasteiger partial charge in [-0.05, 0) is 61.8 Å². The summed E-state index contributed by atoms with van der Waals surface area (Å²) in [7, 11) is 0. The van der Waals surface area contributed by atoms with E-state index >= 15 is 0 Å². The van der Waals surface area contributed by atoms with Gasteiger partial charge in [0.05, 0.1) is 12.5 Å². The van der Waals surface area contributed by atoms with Crippen molar-refractivity contribution in [3.8, 4) is 0 Å². The molecule has 1 aliphatic heterocycles. The van der Waals surface area contributed by atoms with Crippen LogP contribution in [0.3, 0.4) is 0 Å². The summed E-state index contributed by atoms with van der Waals surface area (Å²) >= 11 is 0. The fourth-order valence-electron chi connectivity index (χ4n) is 6.54. The van der Waals surface area contributed by atoms with Gasteiger partial charge in [0.15, 0.2) is 0 Å². The Bertz CT molecular complexity index is 1660. The first kappa shape index (κ1) is 53.4. The zero-order chi connectivity index (χ0) is 46.6. The Kier molecular flexibility index (Phi) is 23.2. The normalized spacial score (nSPS) is 16.5. The molecule has 1 aromatic carbocycles. The molecule has 342 valence electrons. The smallest absolute Gasteiger partial charge is 0.326 e. The number of nitrogens with two attached hydrogens (primary N) is 4. The number of aliphatic carboxylic acids is 2. The Hall–Kier alpha value is -5.63. The molecule has 1 aromatic rings. The third kappa shape index (κ3) is 20.5. The topological polar surface area (TPSA) is 350 Å². The Balaban J connectivity index is 0.00000184. The number of primary amides is 2. The van der Waals surface area contributed by atoms with Crippen molar-refractivity contribution in [2.45, 2.75) is 142 Å². The van der Waals surface area contributed by atoms with E-state index in [9.17, 15) is 48.3 Å². The summed E-state index contributed by atoms with van der Waals surface area (Å²) < 4.78 is 0. The molecule has 20 nitrogen and oxygen atoms in total. The molecule has 61 heavy (non-hydrogen) atoms. The predicted octanol–water partition coefficient (Wildman–Crippen LogP) is -0.751. The van der Waals surface area contributed by atoms with Crippen molar-refractivity contribution in [1.29, 1.82) is 0 Å². The molecule has 0 saturated carbocycles. The van der Waals surface area contributed by atoms with E-state index in [1.54, 1.807) is 44.2 Å². The largest absolute Gasteiger partial charge is 0.480 e. The highest BCUT2D eigenvalue weighted by Crippen LogP contribution is 2.20. The number of carboxylic acids is 2. The van der Waals surface area contributed by atoms with Crippen LogP contribution in [0.4, 0.5) is 0 Å². The standard InChI is InChI=1S/C35H54N8O9.C6H13NO2/c1-19(2)15-22(36)34(50)43-14-8-11-27(43)33(49)41-24(17-21-9-6-5-7-10-21)31(47)40-25(18-29(38)45)32(48)39-23(12-13-28(37)44)30(46)42-26(35(51)52)16-20(3)4;1-4(2)3-5(7)6(8)9/h5-7,9-10,19-20,22-27H,8,11-18,36H2,1-4H3,(H2,37,44)(H2,38,45)(H,39,48)(H,40,47)(H,41,49)(H,42,46)(H,51,52);4-5H,3,7H2,1-2H3,(H,8,9)/t22-,23-,24-,25-,26-,27-;5-/m00/s1. The number of amides is 7. The van der Waals surface area contributed by atoms with Gasteiger partial charge in [-0.1, -0.05) is 71.9 Å². The first-order chi connectivity index (χ1) is 28.4. The number of carbonyl (C=O) groups is 9. The molecule has 7 atom stereocenters. The second-order valence-corrected chi connectivity index (χ2v) is 16.6. The molecule has 1 aliphatic rings. The quantitative estimate of drug-likeness (QED) is 0.0613. The number of benzene rings is 1. The molecule has 1 saturated heterocycles. The minimum atomic E-state index is -1.64. The second-order valence-electron chi connectivity index (χ2n) is 16.6. The first-order valence-corrected chi connectivity index (χ1v) is 20.5. The minimum absolute atomic E-state index is 0.0348.